The van der Waals surface area contributed by atoms with Crippen molar-refractivity contribution >= 4 is 6.03 Å². The molecule has 4 unspecified atom stereocenters. The molecule has 3 aliphatic rings. The second-order valence-corrected chi connectivity index (χ2v) is 6.34. The van der Waals surface area contributed by atoms with Gasteiger partial charge in [0.05, 0.1) is 19.3 Å². The maximum absolute atomic E-state index is 12.4. The Hall–Kier alpha value is -2.08. The summed E-state index contributed by atoms with van der Waals surface area (Å²) in [4.78, 5) is 18.5. The summed E-state index contributed by atoms with van der Waals surface area (Å²) >= 11 is 0. The van der Waals surface area contributed by atoms with Crippen LogP contribution in [-0.4, -0.2) is 54.9 Å². The highest BCUT2D eigenvalue weighted by Crippen LogP contribution is 2.43. The molecule has 2 fully saturated rings. The maximum Gasteiger partial charge on any atom is 0.317 e. The van der Waals surface area contributed by atoms with Gasteiger partial charge in [-0.25, -0.2) is 9.78 Å². The molecule has 2 saturated heterocycles. The Bertz CT molecular complexity index is 613. The molecule has 0 saturated carbocycles. The first-order chi connectivity index (χ1) is 11.3. The maximum atomic E-state index is 12.4. The Balaban J connectivity index is 1.28. The molecule has 2 bridgehead atoms. The van der Waals surface area contributed by atoms with Crippen molar-refractivity contribution in [2.45, 2.75) is 18.6 Å². The highest BCUT2D eigenvalue weighted by atomic mass is 16.5. The van der Waals surface area contributed by atoms with Crippen LogP contribution in [-0.2, 0) is 11.2 Å². The van der Waals surface area contributed by atoms with E-state index in [0.717, 1.165) is 18.7 Å². The fourth-order valence-electron chi connectivity index (χ4n) is 3.91. The number of methoxy groups -OCH3 is 1. The van der Waals surface area contributed by atoms with E-state index in [9.17, 15) is 4.79 Å². The number of carbonyl (C=O) groups is 1. The fourth-order valence-corrected chi connectivity index (χ4v) is 3.91. The molecule has 2 amide bonds. The van der Waals surface area contributed by atoms with Crippen LogP contribution in [0.25, 0.3) is 0 Å². The number of hydrogen-bond acceptors (Lipinski definition) is 4. The van der Waals surface area contributed by atoms with Gasteiger partial charge in [0.1, 0.15) is 0 Å². The molecular formula is C17H21N3O3. The summed E-state index contributed by atoms with van der Waals surface area (Å²) in [6.45, 7) is 2.16. The lowest BCUT2D eigenvalue weighted by atomic mass is 9.86. The number of rotatable bonds is 4. The zero-order valence-electron chi connectivity index (χ0n) is 13.1. The number of ether oxygens (including phenoxy) is 2. The molecular weight excluding hydrogens is 294 g/mol. The van der Waals surface area contributed by atoms with Gasteiger partial charge in [0.2, 0.25) is 5.88 Å². The van der Waals surface area contributed by atoms with Gasteiger partial charge in [-0.3, -0.25) is 0 Å². The average Bonchev–Trinajstić information content (AvgIpc) is 3.27. The second kappa shape index (κ2) is 5.85. The third-order valence-electron chi connectivity index (χ3n) is 5.06. The van der Waals surface area contributed by atoms with Crippen molar-refractivity contribution in [3.63, 3.8) is 0 Å². The van der Waals surface area contributed by atoms with Gasteiger partial charge in [-0.2, -0.15) is 0 Å². The highest BCUT2D eigenvalue weighted by Gasteiger charge is 2.51. The summed E-state index contributed by atoms with van der Waals surface area (Å²) in [6.07, 6.45) is 7.11. The Kier molecular flexibility index (Phi) is 3.69. The summed E-state index contributed by atoms with van der Waals surface area (Å²) in [6, 6.07) is 3.87. The van der Waals surface area contributed by atoms with Gasteiger partial charge in [0.15, 0.2) is 0 Å². The minimum atomic E-state index is 0.0154. The minimum Gasteiger partial charge on any atom is -0.481 e. The van der Waals surface area contributed by atoms with E-state index >= 15 is 0 Å². The van der Waals surface area contributed by atoms with Crippen LogP contribution in [0.2, 0.25) is 0 Å². The van der Waals surface area contributed by atoms with E-state index < -0.39 is 0 Å². The predicted octanol–water partition coefficient (Wildman–Crippen LogP) is 1.23. The topological polar surface area (TPSA) is 63.7 Å². The van der Waals surface area contributed by atoms with Gasteiger partial charge in [0.25, 0.3) is 0 Å². The Morgan fingerprint density at radius 1 is 1.39 bits per heavy atom. The number of urea groups is 1. The third kappa shape index (κ3) is 2.57. The number of carbonyl (C=O) groups excluding carboxylic acids is 1. The Morgan fingerprint density at radius 2 is 2.13 bits per heavy atom. The van der Waals surface area contributed by atoms with Gasteiger partial charge in [-0.1, -0.05) is 18.2 Å². The van der Waals surface area contributed by atoms with Crippen molar-refractivity contribution in [1.82, 2.24) is 15.2 Å². The average molecular weight is 315 g/mol. The van der Waals surface area contributed by atoms with Crippen LogP contribution in [0.3, 0.4) is 0 Å². The third-order valence-corrected chi connectivity index (χ3v) is 5.06. The van der Waals surface area contributed by atoms with Gasteiger partial charge < -0.3 is 19.7 Å². The SMILES string of the molecule is COc1ncccc1CCNC(=O)N1CC2C3C=CC(O3)C2C1. The number of aromatic nitrogens is 1. The van der Waals surface area contributed by atoms with Crippen LogP contribution in [0.4, 0.5) is 4.79 Å². The number of amides is 2. The lowest BCUT2D eigenvalue weighted by Crippen LogP contribution is -2.40. The van der Waals surface area contributed by atoms with E-state index in [1.807, 2.05) is 17.0 Å². The molecule has 23 heavy (non-hydrogen) atoms. The monoisotopic (exact) mass is 315 g/mol. The Labute approximate surface area is 135 Å². The predicted molar refractivity (Wildman–Crippen MR) is 84.2 cm³/mol. The minimum absolute atomic E-state index is 0.0154. The van der Waals surface area contributed by atoms with Gasteiger partial charge in [-0.15, -0.1) is 0 Å². The molecule has 1 aromatic rings. The van der Waals surface area contributed by atoms with E-state index in [4.69, 9.17) is 9.47 Å². The van der Waals surface area contributed by atoms with E-state index in [2.05, 4.69) is 22.5 Å². The molecule has 0 radical (unpaired) electrons. The summed E-state index contributed by atoms with van der Waals surface area (Å²) < 4.78 is 11.1. The van der Waals surface area contributed by atoms with Crippen LogP contribution in [0.1, 0.15) is 5.56 Å². The molecule has 4 rings (SSSR count). The molecule has 4 atom stereocenters. The van der Waals surface area contributed by atoms with Crippen LogP contribution in [0, 0.1) is 11.8 Å². The van der Waals surface area contributed by atoms with Crippen molar-refractivity contribution in [2.24, 2.45) is 11.8 Å². The molecule has 0 spiro atoms. The number of pyridine rings is 1. The van der Waals surface area contributed by atoms with E-state index in [1.165, 1.54) is 0 Å². The first-order valence-corrected chi connectivity index (χ1v) is 8.10. The lowest BCUT2D eigenvalue weighted by molar-refractivity contribution is 0.0883. The van der Waals surface area contributed by atoms with E-state index in [-0.39, 0.29) is 18.2 Å². The van der Waals surface area contributed by atoms with Crippen molar-refractivity contribution in [3.05, 3.63) is 36.0 Å². The first kappa shape index (κ1) is 14.5. The molecule has 3 aliphatic heterocycles. The van der Waals surface area contributed by atoms with Crippen LogP contribution in [0.15, 0.2) is 30.5 Å². The molecule has 122 valence electrons. The zero-order valence-corrected chi connectivity index (χ0v) is 13.1. The van der Waals surface area contributed by atoms with Crippen molar-refractivity contribution in [3.8, 4) is 5.88 Å². The molecule has 6 heteroatoms. The highest BCUT2D eigenvalue weighted by molar-refractivity contribution is 5.74. The number of likely N-dealkylation sites (tertiary alicyclic amines) is 1. The van der Waals surface area contributed by atoms with Crippen molar-refractivity contribution in [2.75, 3.05) is 26.7 Å². The summed E-state index contributed by atoms with van der Waals surface area (Å²) in [5.74, 6) is 1.56. The second-order valence-electron chi connectivity index (χ2n) is 6.34. The summed E-state index contributed by atoms with van der Waals surface area (Å²) in [5.41, 5.74) is 1.00. The van der Waals surface area contributed by atoms with Crippen molar-refractivity contribution < 1.29 is 14.3 Å². The van der Waals surface area contributed by atoms with Crippen LogP contribution < -0.4 is 10.1 Å². The van der Waals surface area contributed by atoms with Crippen molar-refractivity contribution in [1.29, 1.82) is 0 Å². The number of hydrogen-bond donors (Lipinski definition) is 1. The summed E-state index contributed by atoms with van der Waals surface area (Å²) in [7, 11) is 1.61. The largest absolute Gasteiger partial charge is 0.481 e. The zero-order chi connectivity index (χ0) is 15.8. The first-order valence-electron chi connectivity index (χ1n) is 8.10. The van der Waals surface area contributed by atoms with E-state index in [1.54, 1.807) is 13.3 Å². The van der Waals surface area contributed by atoms with Crippen LogP contribution in [0.5, 0.6) is 5.88 Å². The van der Waals surface area contributed by atoms with E-state index in [0.29, 0.717) is 30.7 Å². The van der Waals surface area contributed by atoms with Gasteiger partial charge in [0, 0.05) is 43.2 Å². The lowest BCUT2D eigenvalue weighted by Gasteiger charge is -2.19. The molecule has 6 nitrogen and oxygen atoms in total. The number of fused-ring (bicyclic) bond motifs is 5. The van der Waals surface area contributed by atoms with Gasteiger partial charge >= 0.3 is 6.03 Å². The molecule has 1 N–H and O–H groups in total. The molecule has 4 heterocycles. The standard InChI is InChI=1S/C17H21N3O3/c1-22-16-11(3-2-7-18-16)6-8-19-17(21)20-9-12-13(10-20)15-5-4-14(12)23-15/h2-5,7,12-15H,6,8-10H2,1H3,(H,19,21). The number of nitrogens with one attached hydrogen (secondary N) is 1. The molecule has 0 aromatic carbocycles. The van der Waals surface area contributed by atoms with Gasteiger partial charge in [-0.05, 0) is 12.5 Å². The molecule has 1 aromatic heterocycles. The fraction of sp³-hybridized carbons (Fsp3) is 0.529. The normalized spacial score (nSPS) is 30.6. The summed E-state index contributed by atoms with van der Waals surface area (Å²) in [5, 5.41) is 3.01. The Morgan fingerprint density at radius 3 is 2.83 bits per heavy atom. The van der Waals surface area contributed by atoms with Crippen LogP contribution >= 0.6 is 0 Å². The smallest absolute Gasteiger partial charge is 0.317 e. The molecule has 0 aliphatic carbocycles. The number of nitrogens with zero attached hydrogens (tertiary/aromatic N) is 2. The quantitative estimate of drug-likeness (QED) is 0.849.